The molecule has 2 nitrogen and oxygen atoms in total. The third-order valence-corrected chi connectivity index (χ3v) is 4.20. The molecule has 0 spiro atoms. The Balaban J connectivity index is 2.10. The van der Waals surface area contributed by atoms with Gasteiger partial charge in [-0.05, 0) is 43.0 Å². The Morgan fingerprint density at radius 2 is 2.22 bits per heavy atom. The summed E-state index contributed by atoms with van der Waals surface area (Å²) in [7, 11) is 1.95. The molecule has 1 aromatic carbocycles. The van der Waals surface area contributed by atoms with Crippen molar-refractivity contribution in [3.63, 3.8) is 0 Å². The van der Waals surface area contributed by atoms with Crippen LogP contribution >= 0.6 is 11.6 Å². The van der Waals surface area contributed by atoms with Gasteiger partial charge in [0.05, 0.1) is 10.7 Å². The van der Waals surface area contributed by atoms with E-state index >= 15 is 0 Å². The summed E-state index contributed by atoms with van der Waals surface area (Å²) in [6.07, 6.45) is 1.28. The summed E-state index contributed by atoms with van der Waals surface area (Å²) in [5, 5.41) is 4.03. The lowest BCUT2D eigenvalue weighted by atomic mass is 9.95. The van der Waals surface area contributed by atoms with Crippen LogP contribution in [0.3, 0.4) is 0 Å². The molecule has 0 amide bonds. The number of rotatable bonds is 4. The zero-order chi connectivity index (χ0) is 13.1. The van der Waals surface area contributed by atoms with Crippen LogP contribution in [0.15, 0.2) is 18.2 Å². The molecule has 2 rings (SSSR count). The van der Waals surface area contributed by atoms with Crippen molar-refractivity contribution in [1.29, 1.82) is 0 Å². The molecule has 1 heterocycles. The summed E-state index contributed by atoms with van der Waals surface area (Å²) in [5.74, 6) is 1.57. The van der Waals surface area contributed by atoms with E-state index in [1.165, 1.54) is 17.7 Å². The summed E-state index contributed by atoms with van der Waals surface area (Å²) < 4.78 is 0. The van der Waals surface area contributed by atoms with E-state index in [0.717, 1.165) is 36.5 Å². The van der Waals surface area contributed by atoms with Gasteiger partial charge in [0.25, 0.3) is 0 Å². The molecule has 18 heavy (non-hydrogen) atoms. The normalized spacial score (nSPS) is 19.8. The summed E-state index contributed by atoms with van der Waals surface area (Å²) in [6, 6.07) is 6.41. The molecule has 1 aliphatic rings. The molecular weight excluding hydrogens is 244 g/mol. The predicted molar refractivity (Wildman–Crippen MR) is 79.4 cm³/mol. The van der Waals surface area contributed by atoms with Crippen LogP contribution in [0.25, 0.3) is 0 Å². The van der Waals surface area contributed by atoms with Gasteiger partial charge in [-0.15, -0.1) is 0 Å². The van der Waals surface area contributed by atoms with Gasteiger partial charge in [-0.1, -0.05) is 31.5 Å². The molecule has 1 aromatic rings. The molecule has 3 heteroatoms. The Hall–Kier alpha value is -0.730. The van der Waals surface area contributed by atoms with Crippen molar-refractivity contribution in [2.75, 3.05) is 25.0 Å². The van der Waals surface area contributed by atoms with E-state index in [9.17, 15) is 0 Å². The molecule has 0 aliphatic carbocycles. The van der Waals surface area contributed by atoms with Gasteiger partial charge in [0.15, 0.2) is 0 Å². The fourth-order valence-corrected chi connectivity index (χ4v) is 2.99. The van der Waals surface area contributed by atoms with Gasteiger partial charge in [-0.2, -0.15) is 0 Å². The number of nitrogens with one attached hydrogen (secondary N) is 1. The first kappa shape index (κ1) is 13.7. The van der Waals surface area contributed by atoms with Gasteiger partial charge in [0, 0.05) is 19.6 Å². The van der Waals surface area contributed by atoms with Crippen LogP contribution in [0.5, 0.6) is 0 Å². The van der Waals surface area contributed by atoms with Crippen molar-refractivity contribution in [1.82, 2.24) is 5.32 Å². The minimum Gasteiger partial charge on any atom is -0.370 e. The number of nitrogens with zero attached hydrogens (tertiary/aromatic N) is 1. The topological polar surface area (TPSA) is 15.3 Å². The number of hydrogen-bond acceptors (Lipinski definition) is 2. The second-order valence-electron chi connectivity index (χ2n) is 5.55. The highest BCUT2D eigenvalue weighted by Crippen LogP contribution is 2.33. The molecule has 1 fully saturated rings. The maximum Gasteiger partial charge on any atom is 0.0642 e. The van der Waals surface area contributed by atoms with Gasteiger partial charge < -0.3 is 10.2 Å². The highest BCUT2D eigenvalue weighted by atomic mass is 35.5. The van der Waals surface area contributed by atoms with Crippen LogP contribution in [-0.4, -0.2) is 20.1 Å². The Labute approximate surface area is 115 Å². The highest BCUT2D eigenvalue weighted by molar-refractivity contribution is 6.33. The fraction of sp³-hybridized carbons (Fsp3) is 0.600. The smallest absolute Gasteiger partial charge is 0.0642 e. The molecule has 1 saturated heterocycles. The molecule has 100 valence electrons. The van der Waals surface area contributed by atoms with E-state index in [1.807, 2.05) is 7.05 Å². The second kappa shape index (κ2) is 5.94. The Kier molecular flexibility index (Phi) is 4.52. The molecule has 0 aromatic heterocycles. The number of anilines is 1. The third-order valence-electron chi connectivity index (χ3n) is 3.90. The maximum atomic E-state index is 6.40. The minimum atomic E-state index is 0.761. The predicted octanol–water partition coefficient (Wildman–Crippen LogP) is 3.54. The lowest BCUT2D eigenvalue weighted by Crippen LogP contribution is -2.21. The van der Waals surface area contributed by atoms with Gasteiger partial charge in [0.2, 0.25) is 0 Å². The first-order valence-electron chi connectivity index (χ1n) is 6.79. The van der Waals surface area contributed by atoms with Crippen LogP contribution in [0.2, 0.25) is 5.02 Å². The van der Waals surface area contributed by atoms with Crippen molar-refractivity contribution in [2.24, 2.45) is 11.8 Å². The van der Waals surface area contributed by atoms with Crippen molar-refractivity contribution in [2.45, 2.75) is 26.8 Å². The lowest BCUT2D eigenvalue weighted by Gasteiger charge is -2.21. The molecule has 1 atom stereocenters. The molecule has 1 unspecified atom stereocenters. The maximum absolute atomic E-state index is 6.40. The second-order valence-corrected chi connectivity index (χ2v) is 5.96. The van der Waals surface area contributed by atoms with E-state index in [1.54, 1.807) is 0 Å². The first-order valence-corrected chi connectivity index (χ1v) is 7.17. The van der Waals surface area contributed by atoms with E-state index in [0.29, 0.717) is 0 Å². The summed E-state index contributed by atoms with van der Waals surface area (Å²) in [6.45, 7) is 7.77. The van der Waals surface area contributed by atoms with Crippen molar-refractivity contribution in [3.8, 4) is 0 Å². The van der Waals surface area contributed by atoms with Crippen molar-refractivity contribution >= 4 is 17.3 Å². The highest BCUT2D eigenvalue weighted by Gasteiger charge is 2.25. The van der Waals surface area contributed by atoms with Crippen LogP contribution in [0.1, 0.15) is 25.8 Å². The monoisotopic (exact) mass is 266 g/mol. The molecule has 1 N–H and O–H groups in total. The Morgan fingerprint density at radius 3 is 2.78 bits per heavy atom. The number of halogens is 1. The first-order chi connectivity index (χ1) is 8.61. The van der Waals surface area contributed by atoms with Crippen LogP contribution < -0.4 is 10.2 Å². The average molecular weight is 267 g/mol. The zero-order valence-electron chi connectivity index (χ0n) is 11.5. The standard InChI is InChI=1S/C15H23ClN2/c1-11(2)13-6-7-18(10-13)15-5-4-12(9-17-3)8-14(15)16/h4-5,8,11,13,17H,6-7,9-10H2,1-3H3. The van der Waals surface area contributed by atoms with Gasteiger partial charge in [-0.3, -0.25) is 0 Å². The summed E-state index contributed by atoms with van der Waals surface area (Å²) in [4.78, 5) is 2.43. The average Bonchev–Trinajstić information content (AvgIpc) is 2.79. The molecule has 0 bridgehead atoms. The van der Waals surface area contributed by atoms with Crippen molar-refractivity contribution in [3.05, 3.63) is 28.8 Å². The molecule has 0 radical (unpaired) electrons. The van der Waals surface area contributed by atoms with Crippen LogP contribution in [0.4, 0.5) is 5.69 Å². The number of benzene rings is 1. The largest absolute Gasteiger partial charge is 0.370 e. The van der Waals surface area contributed by atoms with Crippen molar-refractivity contribution < 1.29 is 0 Å². The molecular formula is C15H23ClN2. The molecule has 0 saturated carbocycles. The van der Waals surface area contributed by atoms with Crippen LogP contribution in [-0.2, 0) is 6.54 Å². The Morgan fingerprint density at radius 1 is 1.44 bits per heavy atom. The van der Waals surface area contributed by atoms with E-state index in [4.69, 9.17) is 11.6 Å². The van der Waals surface area contributed by atoms with Gasteiger partial charge in [-0.25, -0.2) is 0 Å². The van der Waals surface area contributed by atoms with Gasteiger partial charge in [0.1, 0.15) is 0 Å². The van der Waals surface area contributed by atoms with Gasteiger partial charge >= 0.3 is 0 Å². The SMILES string of the molecule is CNCc1ccc(N2CCC(C(C)C)C2)c(Cl)c1. The van der Waals surface area contributed by atoms with E-state index in [-0.39, 0.29) is 0 Å². The van der Waals surface area contributed by atoms with E-state index < -0.39 is 0 Å². The zero-order valence-corrected chi connectivity index (χ0v) is 12.3. The lowest BCUT2D eigenvalue weighted by molar-refractivity contribution is 0.423. The fourth-order valence-electron chi connectivity index (χ4n) is 2.67. The number of hydrogen-bond donors (Lipinski definition) is 1. The third kappa shape index (κ3) is 2.99. The summed E-state index contributed by atoms with van der Waals surface area (Å²) in [5.41, 5.74) is 2.44. The van der Waals surface area contributed by atoms with Crippen LogP contribution in [0, 0.1) is 11.8 Å². The quantitative estimate of drug-likeness (QED) is 0.897. The minimum absolute atomic E-state index is 0.761. The van der Waals surface area contributed by atoms with E-state index in [2.05, 4.69) is 42.3 Å². The molecule has 1 aliphatic heterocycles. The summed E-state index contributed by atoms with van der Waals surface area (Å²) >= 11 is 6.40. The Bertz CT molecular complexity index is 403.